The van der Waals surface area contributed by atoms with Gasteiger partial charge in [0.1, 0.15) is 0 Å². The zero-order valence-corrected chi connectivity index (χ0v) is 11.5. The molecule has 0 spiro atoms. The quantitative estimate of drug-likeness (QED) is 0.716. The first-order chi connectivity index (χ1) is 8.68. The molecule has 2 rings (SSSR count). The molecule has 1 N–H and O–H groups in total. The fourth-order valence-electron chi connectivity index (χ4n) is 3.28. The Labute approximate surface area is 110 Å². The van der Waals surface area contributed by atoms with Crippen molar-refractivity contribution in [3.05, 3.63) is 0 Å². The SMILES string of the molecule is CC(=O)N1CCCN(C2CCCCCC2O)CC1. The molecular formula is C14H26N2O2. The molecule has 104 valence electrons. The lowest BCUT2D eigenvalue weighted by Crippen LogP contribution is -2.45. The summed E-state index contributed by atoms with van der Waals surface area (Å²) in [6.45, 7) is 5.27. The van der Waals surface area contributed by atoms with Crippen molar-refractivity contribution in [2.45, 2.75) is 57.6 Å². The Kier molecular flexibility index (Phi) is 5.01. The van der Waals surface area contributed by atoms with E-state index in [-0.39, 0.29) is 12.0 Å². The minimum Gasteiger partial charge on any atom is -0.391 e. The normalized spacial score (nSPS) is 31.8. The third kappa shape index (κ3) is 3.45. The number of rotatable bonds is 1. The van der Waals surface area contributed by atoms with E-state index in [1.54, 1.807) is 6.92 Å². The average Bonchev–Trinajstić information content (AvgIpc) is 2.68. The van der Waals surface area contributed by atoms with Crippen molar-refractivity contribution < 1.29 is 9.90 Å². The smallest absolute Gasteiger partial charge is 0.219 e. The van der Waals surface area contributed by atoms with Gasteiger partial charge in [-0.15, -0.1) is 0 Å². The number of hydrogen-bond acceptors (Lipinski definition) is 3. The minimum absolute atomic E-state index is 0.170. The Balaban J connectivity index is 1.93. The van der Waals surface area contributed by atoms with E-state index in [0.717, 1.165) is 51.9 Å². The van der Waals surface area contributed by atoms with E-state index in [1.165, 1.54) is 12.8 Å². The fraction of sp³-hybridized carbons (Fsp3) is 0.929. The molecule has 4 nitrogen and oxygen atoms in total. The summed E-state index contributed by atoms with van der Waals surface area (Å²) in [5.74, 6) is 0.179. The lowest BCUT2D eigenvalue weighted by molar-refractivity contribution is -0.128. The molecule has 18 heavy (non-hydrogen) atoms. The van der Waals surface area contributed by atoms with Crippen LogP contribution in [0.1, 0.15) is 45.4 Å². The van der Waals surface area contributed by atoms with Crippen molar-refractivity contribution in [1.82, 2.24) is 9.80 Å². The lowest BCUT2D eigenvalue weighted by Gasteiger charge is -2.33. The van der Waals surface area contributed by atoms with Crippen molar-refractivity contribution in [3.8, 4) is 0 Å². The van der Waals surface area contributed by atoms with Crippen molar-refractivity contribution in [2.75, 3.05) is 26.2 Å². The predicted molar refractivity (Wildman–Crippen MR) is 71.3 cm³/mol. The predicted octanol–water partition coefficient (Wildman–Crippen LogP) is 1.23. The summed E-state index contributed by atoms with van der Waals surface area (Å²) >= 11 is 0. The van der Waals surface area contributed by atoms with Crippen LogP contribution in [-0.4, -0.2) is 59.1 Å². The van der Waals surface area contributed by atoms with Crippen LogP contribution in [-0.2, 0) is 4.79 Å². The molecule has 2 atom stereocenters. The Hall–Kier alpha value is -0.610. The van der Waals surface area contributed by atoms with Crippen LogP contribution >= 0.6 is 0 Å². The average molecular weight is 254 g/mol. The number of hydrogen-bond donors (Lipinski definition) is 1. The van der Waals surface area contributed by atoms with Crippen LogP contribution in [0.5, 0.6) is 0 Å². The van der Waals surface area contributed by atoms with Gasteiger partial charge in [0.05, 0.1) is 6.10 Å². The molecule has 0 radical (unpaired) electrons. The molecule has 1 saturated heterocycles. The fourth-order valence-corrected chi connectivity index (χ4v) is 3.28. The van der Waals surface area contributed by atoms with Gasteiger partial charge in [0.2, 0.25) is 5.91 Å². The Morgan fingerprint density at radius 1 is 1.00 bits per heavy atom. The van der Waals surface area contributed by atoms with Crippen molar-refractivity contribution in [2.24, 2.45) is 0 Å². The first kappa shape index (κ1) is 13.8. The highest BCUT2D eigenvalue weighted by Crippen LogP contribution is 2.23. The summed E-state index contributed by atoms with van der Waals surface area (Å²) in [6.07, 6.45) is 6.55. The number of aliphatic hydroxyl groups excluding tert-OH is 1. The summed E-state index contributed by atoms with van der Waals surface area (Å²) < 4.78 is 0. The van der Waals surface area contributed by atoms with Crippen LogP contribution in [0.3, 0.4) is 0 Å². The van der Waals surface area contributed by atoms with E-state index >= 15 is 0 Å². The summed E-state index contributed by atoms with van der Waals surface area (Å²) in [5, 5.41) is 10.2. The van der Waals surface area contributed by atoms with Gasteiger partial charge in [-0.3, -0.25) is 9.69 Å². The van der Waals surface area contributed by atoms with Crippen molar-refractivity contribution in [1.29, 1.82) is 0 Å². The molecule has 0 bridgehead atoms. The lowest BCUT2D eigenvalue weighted by atomic mass is 10.0. The topological polar surface area (TPSA) is 43.8 Å². The second-order valence-electron chi connectivity index (χ2n) is 5.67. The van der Waals surface area contributed by atoms with Crippen molar-refractivity contribution >= 4 is 5.91 Å². The highest BCUT2D eigenvalue weighted by molar-refractivity contribution is 5.73. The van der Waals surface area contributed by atoms with E-state index in [4.69, 9.17) is 0 Å². The molecule has 0 aromatic carbocycles. The molecule has 1 saturated carbocycles. The van der Waals surface area contributed by atoms with Crippen LogP contribution < -0.4 is 0 Å². The second-order valence-corrected chi connectivity index (χ2v) is 5.67. The Bertz CT molecular complexity index is 283. The van der Waals surface area contributed by atoms with Gasteiger partial charge in [0, 0.05) is 39.1 Å². The monoisotopic (exact) mass is 254 g/mol. The first-order valence-corrected chi connectivity index (χ1v) is 7.36. The number of amides is 1. The summed E-state index contributed by atoms with van der Waals surface area (Å²) in [7, 11) is 0. The Morgan fingerprint density at radius 2 is 1.78 bits per heavy atom. The van der Waals surface area contributed by atoms with Crippen LogP contribution in [0, 0.1) is 0 Å². The number of nitrogens with zero attached hydrogens (tertiary/aromatic N) is 2. The van der Waals surface area contributed by atoms with Gasteiger partial charge < -0.3 is 10.0 Å². The highest BCUT2D eigenvalue weighted by Gasteiger charge is 2.29. The number of aliphatic hydroxyl groups is 1. The zero-order valence-electron chi connectivity index (χ0n) is 11.5. The number of carbonyl (C=O) groups excluding carboxylic acids is 1. The van der Waals surface area contributed by atoms with Gasteiger partial charge in [0.25, 0.3) is 0 Å². The largest absolute Gasteiger partial charge is 0.391 e. The van der Waals surface area contributed by atoms with Crippen LogP contribution in [0.2, 0.25) is 0 Å². The van der Waals surface area contributed by atoms with Gasteiger partial charge in [0.15, 0.2) is 0 Å². The zero-order chi connectivity index (χ0) is 13.0. The van der Waals surface area contributed by atoms with Gasteiger partial charge >= 0.3 is 0 Å². The van der Waals surface area contributed by atoms with E-state index < -0.39 is 0 Å². The maximum atomic E-state index is 11.4. The molecule has 1 aliphatic heterocycles. The minimum atomic E-state index is -0.170. The van der Waals surface area contributed by atoms with Crippen LogP contribution in [0.4, 0.5) is 0 Å². The summed E-state index contributed by atoms with van der Waals surface area (Å²) in [5.41, 5.74) is 0. The maximum Gasteiger partial charge on any atom is 0.219 e. The number of carbonyl (C=O) groups is 1. The molecule has 1 heterocycles. The molecule has 1 aliphatic carbocycles. The van der Waals surface area contributed by atoms with Gasteiger partial charge in [-0.05, 0) is 19.3 Å². The maximum absolute atomic E-state index is 11.4. The van der Waals surface area contributed by atoms with E-state index in [2.05, 4.69) is 4.90 Å². The standard InChI is InChI=1S/C14H26N2O2/c1-12(17)15-8-5-9-16(11-10-15)13-6-3-2-4-7-14(13)18/h13-14,18H,2-11H2,1H3. The highest BCUT2D eigenvalue weighted by atomic mass is 16.3. The summed E-state index contributed by atoms with van der Waals surface area (Å²) in [6, 6.07) is 0.319. The molecule has 2 fully saturated rings. The van der Waals surface area contributed by atoms with Gasteiger partial charge in [-0.2, -0.15) is 0 Å². The molecule has 4 heteroatoms. The van der Waals surface area contributed by atoms with E-state index in [9.17, 15) is 9.90 Å². The third-order valence-corrected chi connectivity index (χ3v) is 4.39. The molecular weight excluding hydrogens is 228 g/mol. The van der Waals surface area contributed by atoms with Crippen molar-refractivity contribution in [3.63, 3.8) is 0 Å². The summed E-state index contributed by atoms with van der Waals surface area (Å²) in [4.78, 5) is 15.8. The Morgan fingerprint density at radius 3 is 2.56 bits per heavy atom. The first-order valence-electron chi connectivity index (χ1n) is 7.36. The van der Waals surface area contributed by atoms with Crippen LogP contribution in [0.15, 0.2) is 0 Å². The molecule has 0 aromatic rings. The van der Waals surface area contributed by atoms with E-state index in [0.29, 0.717) is 6.04 Å². The van der Waals surface area contributed by atoms with Gasteiger partial charge in [-0.1, -0.05) is 19.3 Å². The van der Waals surface area contributed by atoms with Crippen LogP contribution in [0.25, 0.3) is 0 Å². The molecule has 0 aromatic heterocycles. The molecule has 1 amide bonds. The molecule has 2 aliphatic rings. The second kappa shape index (κ2) is 6.53. The third-order valence-electron chi connectivity index (χ3n) is 4.39. The van der Waals surface area contributed by atoms with Gasteiger partial charge in [-0.25, -0.2) is 0 Å². The van der Waals surface area contributed by atoms with E-state index in [1.807, 2.05) is 4.90 Å². The molecule has 2 unspecified atom stereocenters.